The highest BCUT2D eigenvalue weighted by molar-refractivity contribution is 14.1. The van der Waals surface area contributed by atoms with Crippen LogP contribution in [0.25, 0.3) is 0 Å². The largest absolute Gasteiger partial charge is 0.452 e. The Bertz CT molecular complexity index is 1340. The molecule has 0 radical (unpaired) electrons. The molecular weight excluding hydrogens is 615 g/mol. The third-order valence-corrected chi connectivity index (χ3v) is 7.16. The van der Waals surface area contributed by atoms with Gasteiger partial charge in [-0.2, -0.15) is 0 Å². The third-order valence-electron chi connectivity index (χ3n) is 6.44. The summed E-state index contributed by atoms with van der Waals surface area (Å²) < 4.78 is 36.7. The Morgan fingerprint density at radius 1 is 0.872 bits per heavy atom. The van der Waals surface area contributed by atoms with Gasteiger partial charge in [-0.3, -0.25) is 0 Å². The standard InChI is InChI=1S/C30H25IO8/c1-3-18-9-11-19(12-10-18)27(32)37-25-24-23(17-35-29(39-24)21-7-5-4-6-8-21)36-30(34-2)26(25)38-28(33)20-13-15-22(31)16-14-20/h1,4-16,23-26,29-30H,17H2,2H3/t23-,24-,25+,26-,29?,30+/m1/s1. The lowest BCUT2D eigenvalue weighted by Gasteiger charge is -2.47. The van der Waals surface area contributed by atoms with E-state index >= 15 is 0 Å². The number of benzene rings is 3. The van der Waals surface area contributed by atoms with E-state index in [0.717, 1.165) is 9.13 Å². The highest BCUT2D eigenvalue weighted by Crippen LogP contribution is 2.37. The topological polar surface area (TPSA) is 89.5 Å². The SMILES string of the molecule is C#Cc1ccc(C(=O)O[C@@H]2[C@@H](OC(=O)c3ccc(I)cc3)[C@@H](OC)O[C@@H]3COC(c4ccccc4)O[C@@H]23)cc1. The molecule has 9 heteroatoms. The summed E-state index contributed by atoms with van der Waals surface area (Å²) in [5.41, 5.74) is 2.02. The summed E-state index contributed by atoms with van der Waals surface area (Å²) in [7, 11) is 1.42. The first-order valence-corrected chi connectivity index (χ1v) is 13.3. The molecule has 200 valence electrons. The Balaban J connectivity index is 1.46. The van der Waals surface area contributed by atoms with Crippen molar-refractivity contribution in [2.75, 3.05) is 13.7 Å². The predicted molar refractivity (Wildman–Crippen MR) is 148 cm³/mol. The minimum atomic E-state index is -1.13. The summed E-state index contributed by atoms with van der Waals surface area (Å²) >= 11 is 2.15. The van der Waals surface area contributed by atoms with Crippen LogP contribution >= 0.6 is 22.6 Å². The number of carbonyl (C=O) groups is 2. The average Bonchev–Trinajstić information content (AvgIpc) is 2.98. The molecule has 0 bridgehead atoms. The number of halogens is 1. The van der Waals surface area contributed by atoms with Crippen molar-refractivity contribution in [3.8, 4) is 12.3 Å². The molecule has 6 atom stereocenters. The van der Waals surface area contributed by atoms with E-state index in [4.69, 9.17) is 34.8 Å². The Morgan fingerprint density at radius 3 is 2.10 bits per heavy atom. The van der Waals surface area contributed by atoms with Crippen LogP contribution in [0.3, 0.4) is 0 Å². The molecule has 5 rings (SSSR count). The van der Waals surface area contributed by atoms with E-state index in [0.29, 0.717) is 11.1 Å². The van der Waals surface area contributed by atoms with Crippen molar-refractivity contribution in [1.82, 2.24) is 0 Å². The van der Waals surface area contributed by atoms with E-state index in [9.17, 15) is 9.59 Å². The van der Waals surface area contributed by atoms with Gasteiger partial charge >= 0.3 is 11.9 Å². The van der Waals surface area contributed by atoms with Crippen molar-refractivity contribution in [1.29, 1.82) is 0 Å². The lowest BCUT2D eigenvalue weighted by Crippen LogP contribution is -2.64. The monoisotopic (exact) mass is 640 g/mol. The van der Waals surface area contributed by atoms with Crippen LogP contribution in [0.5, 0.6) is 0 Å². The molecule has 0 aromatic heterocycles. The summed E-state index contributed by atoms with van der Waals surface area (Å²) in [5, 5.41) is 0. The zero-order chi connectivity index (χ0) is 27.4. The van der Waals surface area contributed by atoms with E-state index in [1.807, 2.05) is 30.3 Å². The lowest BCUT2D eigenvalue weighted by molar-refractivity contribution is -0.356. The second-order valence-electron chi connectivity index (χ2n) is 8.92. The summed E-state index contributed by atoms with van der Waals surface area (Å²) in [6, 6.07) is 22.7. The molecule has 2 saturated heterocycles. The van der Waals surface area contributed by atoms with Crippen molar-refractivity contribution in [2.24, 2.45) is 0 Å². The molecule has 0 amide bonds. The predicted octanol–water partition coefficient (Wildman–Crippen LogP) is 4.51. The highest BCUT2D eigenvalue weighted by atomic mass is 127. The van der Waals surface area contributed by atoms with Crippen LogP contribution in [-0.4, -0.2) is 56.4 Å². The van der Waals surface area contributed by atoms with Crippen LogP contribution in [0, 0.1) is 15.9 Å². The minimum Gasteiger partial charge on any atom is -0.452 e. The fourth-order valence-corrected chi connectivity index (χ4v) is 4.81. The average molecular weight is 640 g/mol. The van der Waals surface area contributed by atoms with Crippen LogP contribution in [0.2, 0.25) is 0 Å². The van der Waals surface area contributed by atoms with Crippen LogP contribution in [-0.2, 0) is 28.4 Å². The maximum Gasteiger partial charge on any atom is 0.338 e. The number of ether oxygens (including phenoxy) is 6. The van der Waals surface area contributed by atoms with Gasteiger partial charge in [0.05, 0.1) is 17.7 Å². The fourth-order valence-electron chi connectivity index (χ4n) is 4.45. The molecule has 0 spiro atoms. The maximum absolute atomic E-state index is 13.3. The molecule has 39 heavy (non-hydrogen) atoms. The van der Waals surface area contributed by atoms with Gasteiger partial charge in [0.1, 0.15) is 12.2 Å². The smallest absolute Gasteiger partial charge is 0.338 e. The lowest BCUT2D eigenvalue weighted by atomic mass is 9.97. The Kier molecular flexibility index (Phi) is 8.60. The second kappa shape index (κ2) is 12.3. The zero-order valence-corrected chi connectivity index (χ0v) is 23.1. The number of fused-ring (bicyclic) bond motifs is 1. The molecule has 0 saturated carbocycles. The maximum atomic E-state index is 13.3. The first-order valence-electron chi connectivity index (χ1n) is 12.2. The molecule has 2 heterocycles. The van der Waals surface area contributed by atoms with E-state index in [2.05, 4.69) is 28.5 Å². The number of hydrogen-bond donors (Lipinski definition) is 0. The quantitative estimate of drug-likeness (QED) is 0.221. The van der Waals surface area contributed by atoms with Crippen LogP contribution in [0.15, 0.2) is 78.9 Å². The van der Waals surface area contributed by atoms with E-state index in [-0.39, 0.29) is 12.2 Å². The van der Waals surface area contributed by atoms with E-state index in [1.165, 1.54) is 7.11 Å². The molecule has 2 aliphatic rings. The molecule has 1 unspecified atom stereocenters. The number of methoxy groups -OCH3 is 1. The van der Waals surface area contributed by atoms with Crippen molar-refractivity contribution in [3.05, 3.63) is 105 Å². The van der Waals surface area contributed by atoms with Gasteiger partial charge in [0.25, 0.3) is 0 Å². The molecule has 0 aliphatic carbocycles. The summed E-state index contributed by atoms with van der Waals surface area (Å²) in [6.07, 6.45) is -0.0127. The van der Waals surface area contributed by atoms with Crippen molar-refractivity contribution in [2.45, 2.75) is 37.0 Å². The Labute approximate surface area is 239 Å². The van der Waals surface area contributed by atoms with Gasteiger partial charge in [-0.1, -0.05) is 36.3 Å². The van der Waals surface area contributed by atoms with Crippen LogP contribution < -0.4 is 0 Å². The number of hydrogen-bond acceptors (Lipinski definition) is 8. The van der Waals surface area contributed by atoms with E-state index in [1.54, 1.807) is 48.5 Å². The van der Waals surface area contributed by atoms with Crippen molar-refractivity contribution in [3.63, 3.8) is 0 Å². The van der Waals surface area contributed by atoms with Gasteiger partial charge in [-0.05, 0) is 71.1 Å². The number of rotatable bonds is 6. The van der Waals surface area contributed by atoms with Gasteiger partial charge in [0, 0.05) is 21.8 Å². The van der Waals surface area contributed by atoms with Gasteiger partial charge in [0.15, 0.2) is 24.8 Å². The molecular formula is C30H25IO8. The Morgan fingerprint density at radius 2 is 1.49 bits per heavy atom. The molecule has 3 aromatic rings. The molecule has 2 aliphatic heterocycles. The number of terminal acetylenes is 1. The molecule has 2 fully saturated rings. The fraction of sp³-hybridized carbons (Fsp3) is 0.267. The first kappa shape index (κ1) is 27.3. The van der Waals surface area contributed by atoms with Crippen LogP contribution in [0.1, 0.15) is 38.1 Å². The zero-order valence-electron chi connectivity index (χ0n) is 20.9. The van der Waals surface area contributed by atoms with Crippen LogP contribution in [0.4, 0.5) is 0 Å². The minimum absolute atomic E-state index is 0.146. The normalized spacial score (nSPS) is 26.1. The highest BCUT2D eigenvalue weighted by Gasteiger charge is 2.54. The van der Waals surface area contributed by atoms with Gasteiger partial charge in [-0.25, -0.2) is 9.59 Å². The number of esters is 2. The van der Waals surface area contributed by atoms with Gasteiger partial charge in [-0.15, -0.1) is 6.42 Å². The molecule has 0 N–H and O–H groups in total. The molecule has 3 aromatic carbocycles. The first-order chi connectivity index (χ1) is 19.0. The molecule has 8 nitrogen and oxygen atoms in total. The summed E-state index contributed by atoms with van der Waals surface area (Å²) in [6.45, 7) is 0.146. The Hall–Kier alpha value is -3.27. The second-order valence-corrected chi connectivity index (χ2v) is 10.2. The van der Waals surface area contributed by atoms with Crippen molar-refractivity contribution >= 4 is 34.5 Å². The summed E-state index contributed by atoms with van der Waals surface area (Å²) in [4.78, 5) is 26.4. The third kappa shape index (κ3) is 6.16. The van der Waals surface area contributed by atoms with E-state index < -0.39 is 48.9 Å². The van der Waals surface area contributed by atoms with Gasteiger partial charge in [0.2, 0.25) is 0 Å². The number of carbonyl (C=O) groups excluding carboxylic acids is 2. The van der Waals surface area contributed by atoms with Gasteiger partial charge < -0.3 is 28.4 Å². The van der Waals surface area contributed by atoms with Crippen molar-refractivity contribution < 1.29 is 38.0 Å². The summed E-state index contributed by atoms with van der Waals surface area (Å²) in [5.74, 6) is 1.26.